The summed E-state index contributed by atoms with van der Waals surface area (Å²) in [6.07, 6.45) is 0. The Morgan fingerprint density at radius 1 is 1.00 bits per heavy atom. The van der Waals surface area contributed by atoms with Crippen LogP contribution in [0.3, 0.4) is 0 Å². The highest BCUT2D eigenvalue weighted by molar-refractivity contribution is 5.65. The van der Waals surface area contributed by atoms with Crippen LogP contribution < -0.4 is 0 Å². The van der Waals surface area contributed by atoms with Crippen LogP contribution in [0, 0.1) is 6.92 Å². The predicted octanol–water partition coefficient (Wildman–Crippen LogP) is 3.91. The first kappa shape index (κ1) is 21.0. The van der Waals surface area contributed by atoms with Crippen molar-refractivity contribution in [2.45, 2.75) is 41.5 Å². The molecule has 3 heteroatoms. The van der Waals surface area contributed by atoms with E-state index in [9.17, 15) is 4.79 Å². The molecule has 0 aromatic heterocycles. The third-order valence-electron chi connectivity index (χ3n) is 2.63. The highest BCUT2D eigenvalue weighted by atomic mass is 16.5. The van der Waals surface area contributed by atoms with Gasteiger partial charge in [0.1, 0.15) is 0 Å². The molecule has 0 unspecified atom stereocenters. The molecule has 0 aliphatic carbocycles. The molecule has 0 spiro atoms. The largest absolute Gasteiger partial charge is 0.466 e. The number of nitrogens with zero attached hydrogens (tertiary/aromatic N) is 1. The molecular formula is C17H31NO2. The zero-order chi connectivity index (χ0) is 15.8. The molecule has 0 radical (unpaired) electrons. The topological polar surface area (TPSA) is 29.5 Å². The maximum absolute atomic E-state index is 9.82. The van der Waals surface area contributed by atoms with Crippen molar-refractivity contribution in [1.29, 1.82) is 0 Å². The van der Waals surface area contributed by atoms with Gasteiger partial charge in [-0.15, -0.1) is 0 Å². The van der Waals surface area contributed by atoms with Crippen LogP contribution in [0.1, 0.15) is 40.2 Å². The molecule has 116 valence electrons. The average molecular weight is 281 g/mol. The van der Waals surface area contributed by atoms with Crippen LogP contribution in [0.2, 0.25) is 0 Å². The van der Waals surface area contributed by atoms with Crippen LogP contribution in [0.25, 0.3) is 0 Å². The minimum Gasteiger partial charge on any atom is -0.466 e. The number of carbonyl (C=O) groups excluding carboxylic acids is 1. The Labute approximate surface area is 124 Å². The molecule has 0 aliphatic heterocycles. The summed E-state index contributed by atoms with van der Waals surface area (Å²) >= 11 is 0. The number of benzene rings is 1. The van der Waals surface area contributed by atoms with Crippen LogP contribution in [-0.2, 0) is 9.53 Å². The van der Waals surface area contributed by atoms with E-state index in [4.69, 9.17) is 0 Å². The third-order valence-corrected chi connectivity index (χ3v) is 2.63. The molecule has 1 aromatic carbocycles. The van der Waals surface area contributed by atoms with Gasteiger partial charge >= 0.3 is 5.97 Å². The highest BCUT2D eigenvalue weighted by Gasteiger charge is 1.89. The minimum atomic E-state index is -0.211. The van der Waals surface area contributed by atoms with Gasteiger partial charge in [0.25, 0.3) is 0 Å². The fourth-order valence-corrected chi connectivity index (χ4v) is 1.41. The molecule has 3 nitrogen and oxygen atoms in total. The van der Waals surface area contributed by atoms with Crippen molar-refractivity contribution in [3.8, 4) is 0 Å². The van der Waals surface area contributed by atoms with Crippen molar-refractivity contribution in [2.24, 2.45) is 0 Å². The zero-order valence-corrected chi connectivity index (χ0v) is 14.0. The van der Waals surface area contributed by atoms with Crippen LogP contribution >= 0.6 is 0 Å². The Balaban J connectivity index is 0. The molecule has 0 saturated carbocycles. The smallest absolute Gasteiger partial charge is 0.302 e. The van der Waals surface area contributed by atoms with Gasteiger partial charge in [-0.05, 0) is 33.5 Å². The normalized spacial score (nSPS) is 8.95. The molecule has 0 amide bonds. The number of hydrogen-bond acceptors (Lipinski definition) is 3. The number of rotatable bonds is 4. The second kappa shape index (κ2) is 15.7. The van der Waals surface area contributed by atoms with Crippen molar-refractivity contribution < 1.29 is 9.53 Å². The summed E-state index contributed by atoms with van der Waals surface area (Å²) in [6.45, 7) is 15.9. The lowest BCUT2D eigenvalue weighted by Crippen LogP contribution is -2.21. The molecule has 0 bridgehead atoms. The van der Waals surface area contributed by atoms with Gasteiger partial charge in [0.15, 0.2) is 0 Å². The molecule has 0 saturated heterocycles. The highest BCUT2D eigenvalue weighted by Crippen LogP contribution is 1.92. The van der Waals surface area contributed by atoms with Gasteiger partial charge in [-0.25, -0.2) is 0 Å². The van der Waals surface area contributed by atoms with Crippen LogP contribution in [0.15, 0.2) is 30.3 Å². The van der Waals surface area contributed by atoms with Crippen LogP contribution in [0.4, 0.5) is 0 Å². The number of esters is 1. The van der Waals surface area contributed by atoms with Crippen molar-refractivity contribution in [3.05, 3.63) is 35.9 Å². The lowest BCUT2D eigenvalue weighted by Gasteiger charge is -2.13. The monoisotopic (exact) mass is 281 g/mol. The summed E-state index contributed by atoms with van der Waals surface area (Å²) in [5.41, 5.74) is 1.32. The van der Waals surface area contributed by atoms with Crippen LogP contribution in [-0.4, -0.2) is 37.1 Å². The predicted molar refractivity (Wildman–Crippen MR) is 86.9 cm³/mol. The molecule has 1 rings (SSSR count). The van der Waals surface area contributed by atoms with Gasteiger partial charge in [0.2, 0.25) is 0 Å². The van der Waals surface area contributed by atoms with Gasteiger partial charge < -0.3 is 9.64 Å². The maximum atomic E-state index is 9.82. The summed E-state index contributed by atoms with van der Waals surface area (Å²) in [4.78, 5) is 12.2. The van der Waals surface area contributed by atoms with Gasteiger partial charge in [-0.2, -0.15) is 0 Å². The molecule has 0 atom stereocenters. The molecule has 0 heterocycles. The minimum absolute atomic E-state index is 0.211. The Bertz CT molecular complexity index is 303. The van der Waals surface area contributed by atoms with Crippen LogP contribution in [0.5, 0.6) is 0 Å². The summed E-state index contributed by atoms with van der Waals surface area (Å²) in [5.74, 6) is -0.211. The SMILES string of the molecule is CCN(CC)CC.CCOC(C)=O.Cc1ccccc1. The lowest BCUT2D eigenvalue weighted by atomic mass is 10.2. The van der Waals surface area contributed by atoms with E-state index in [0.29, 0.717) is 6.61 Å². The molecule has 1 aromatic rings. The zero-order valence-electron chi connectivity index (χ0n) is 14.0. The van der Waals surface area contributed by atoms with Gasteiger partial charge in [0.05, 0.1) is 6.61 Å². The number of aryl methyl sites for hydroxylation is 1. The van der Waals surface area contributed by atoms with Crippen molar-refractivity contribution in [1.82, 2.24) is 4.90 Å². The Morgan fingerprint density at radius 2 is 1.45 bits per heavy atom. The molecule has 0 fully saturated rings. The maximum Gasteiger partial charge on any atom is 0.302 e. The first-order chi connectivity index (χ1) is 9.51. The Hall–Kier alpha value is -1.35. The standard InChI is InChI=1S/C7H8.C6H15N.C4H8O2/c1-7-5-3-2-4-6-7;1-4-7(5-2)6-3;1-3-6-4(2)5/h2-6H,1H3;4-6H2,1-3H3;3H2,1-2H3. The summed E-state index contributed by atoms with van der Waals surface area (Å²) in [7, 11) is 0. The molecular weight excluding hydrogens is 250 g/mol. The number of hydrogen-bond donors (Lipinski definition) is 0. The van der Waals surface area contributed by atoms with E-state index in [1.54, 1.807) is 6.92 Å². The number of carbonyl (C=O) groups is 1. The second-order valence-corrected chi connectivity index (χ2v) is 4.20. The average Bonchev–Trinajstić information content (AvgIpc) is 2.43. The first-order valence-electron chi connectivity index (χ1n) is 7.38. The fourth-order valence-electron chi connectivity index (χ4n) is 1.41. The molecule has 0 aliphatic rings. The quantitative estimate of drug-likeness (QED) is 0.784. The van der Waals surface area contributed by atoms with Gasteiger partial charge in [-0.3, -0.25) is 4.79 Å². The van der Waals surface area contributed by atoms with E-state index in [1.165, 1.54) is 32.1 Å². The van der Waals surface area contributed by atoms with E-state index in [-0.39, 0.29) is 5.97 Å². The second-order valence-electron chi connectivity index (χ2n) is 4.20. The summed E-state index contributed by atoms with van der Waals surface area (Å²) in [5, 5.41) is 0. The molecule has 0 N–H and O–H groups in total. The fraction of sp³-hybridized carbons (Fsp3) is 0.588. The summed E-state index contributed by atoms with van der Waals surface area (Å²) in [6, 6.07) is 10.3. The van der Waals surface area contributed by atoms with E-state index in [0.717, 1.165) is 0 Å². The van der Waals surface area contributed by atoms with E-state index in [1.807, 2.05) is 18.2 Å². The van der Waals surface area contributed by atoms with E-state index in [2.05, 4.69) is 49.5 Å². The molecule has 20 heavy (non-hydrogen) atoms. The van der Waals surface area contributed by atoms with Gasteiger partial charge in [0, 0.05) is 6.92 Å². The first-order valence-corrected chi connectivity index (χ1v) is 7.38. The van der Waals surface area contributed by atoms with Crippen molar-refractivity contribution in [2.75, 3.05) is 26.2 Å². The Morgan fingerprint density at radius 3 is 1.55 bits per heavy atom. The van der Waals surface area contributed by atoms with E-state index >= 15 is 0 Å². The lowest BCUT2D eigenvalue weighted by molar-refractivity contribution is -0.140. The van der Waals surface area contributed by atoms with Crippen molar-refractivity contribution >= 4 is 5.97 Å². The number of ether oxygens (including phenoxy) is 1. The third kappa shape index (κ3) is 16.6. The van der Waals surface area contributed by atoms with E-state index < -0.39 is 0 Å². The van der Waals surface area contributed by atoms with Crippen molar-refractivity contribution in [3.63, 3.8) is 0 Å². The van der Waals surface area contributed by atoms with Gasteiger partial charge in [-0.1, -0.05) is 56.7 Å². The summed E-state index contributed by atoms with van der Waals surface area (Å²) < 4.78 is 4.40. The Kier molecular flexibility index (Phi) is 16.5.